The highest BCUT2D eigenvalue weighted by molar-refractivity contribution is 5.88. The summed E-state index contributed by atoms with van der Waals surface area (Å²) in [6.45, 7) is 5.35. The van der Waals surface area contributed by atoms with Crippen molar-refractivity contribution >= 4 is 11.9 Å². The first kappa shape index (κ1) is 12.4. The Morgan fingerprint density at radius 2 is 1.94 bits per heavy atom. The van der Waals surface area contributed by atoms with Gasteiger partial charge < -0.3 is 9.64 Å². The fourth-order valence-electron chi connectivity index (χ4n) is 3.18. The van der Waals surface area contributed by atoms with Gasteiger partial charge in [0.25, 0.3) is 0 Å². The number of carbonyl (C=O) groups is 2. The summed E-state index contributed by atoms with van der Waals surface area (Å²) >= 11 is 0. The molecule has 1 aliphatic carbocycles. The Morgan fingerprint density at radius 3 is 2.47 bits per heavy atom. The summed E-state index contributed by atoms with van der Waals surface area (Å²) in [5, 5.41) is 0. The molecule has 2 fully saturated rings. The van der Waals surface area contributed by atoms with E-state index in [4.69, 9.17) is 4.74 Å². The third-order valence-corrected chi connectivity index (χ3v) is 4.15. The maximum atomic E-state index is 12.4. The molecule has 1 aliphatic heterocycles. The van der Waals surface area contributed by atoms with Crippen molar-refractivity contribution in [3.63, 3.8) is 0 Å². The maximum absolute atomic E-state index is 12.4. The van der Waals surface area contributed by atoms with Crippen molar-refractivity contribution in [2.75, 3.05) is 13.1 Å². The van der Waals surface area contributed by atoms with Gasteiger partial charge in [-0.15, -0.1) is 0 Å². The van der Waals surface area contributed by atoms with Crippen LogP contribution in [0.5, 0.6) is 0 Å². The van der Waals surface area contributed by atoms with E-state index in [1.807, 2.05) is 18.7 Å². The number of amides is 1. The van der Waals surface area contributed by atoms with E-state index in [2.05, 4.69) is 0 Å². The fourth-order valence-corrected chi connectivity index (χ4v) is 3.18. The minimum absolute atomic E-state index is 0.0998. The number of esters is 1. The first-order valence-corrected chi connectivity index (χ1v) is 6.63. The van der Waals surface area contributed by atoms with Gasteiger partial charge in [-0.2, -0.15) is 0 Å². The molecule has 1 atom stereocenters. The SMILES string of the molecule is CCN(CC)C(=O)C1CC(=O)OC12CCCC2. The standard InChI is InChI=1S/C13H21NO3/c1-3-14(4-2)12(16)10-9-11(15)17-13(10)7-5-6-8-13/h10H,3-9H2,1-2H3. The van der Waals surface area contributed by atoms with E-state index in [1.165, 1.54) is 0 Å². The molecule has 4 heteroatoms. The minimum Gasteiger partial charge on any atom is -0.458 e. The second-order valence-electron chi connectivity index (χ2n) is 5.01. The highest BCUT2D eigenvalue weighted by Crippen LogP contribution is 2.46. The van der Waals surface area contributed by atoms with Gasteiger partial charge in [0.15, 0.2) is 0 Å². The molecule has 0 N–H and O–H groups in total. The number of nitrogens with zero attached hydrogens (tertiary/aromatic N) is 1. The summed E-state index contributed by atoms with van der Waals surface area (Å²) in [6, 6.07) is 0. The lowest BCUT2D eigenvalue weighted by Crippen LogP contribution is -2.44. The van der Waals surface area contributed by atoms with E-state index in [0.717, 1.165) is 25.7 Å². The molecule has 0 aromatic carbocycles. The number of hydrogen-bond donors (Lipinski definition) is 0. The Balaban J connectivity index is 2.18. The highest BCUT2D eigenvalue weighted by atomic mass is 16.6. The molecule has 2 rings (SSSR count). The first-order valence-electron chi connectivity index (χ1n) is 6.63. The number of carbonyl (C=O) groups excluding carboxylic acids is 2. The summed E-state index contributed by atoms with van der Waals surface area (Å²) in [4.78, 5) is 25.7. The average molecular weight is 239 g/mol. The Labute approximate surface area is 102 Å². The molecule has 0 aromatic rings. The van der Waals surface area contributed by atoms with Gasteiger partial charge >= 0.3 is 5.97 Å². The fraction of sp³-hybridized carbons (Fsp3) is 0.846. The molecule has 96 valence electrons. The lowest BCUT2D eigenvalue weighted by atomic mass is 9.84. The quantitative estimate of drug-likeness (QED) is 0.705. The van der Waals surface area contributed by atoms with Gasteiger partial charge in [-0.25, -0.2) is 0 Å². The summed E-state index contributed by atoms with van der Waals surface area (Å²) in [6.07, 6.45) is 4.12. The predicted molar refractivity (Wildman–Crippen MR) is 63.3 cm³/mol. The van der Waals surface area contributed by atoms with Crippen molar-refractivity contribution in [2.45, 2.75) is 51.6 Å². The monoisotopic (exact) mass is 239 g/mol. The Bertz CT molecular complexity index is 317. The first-order chi connectivity index (χ1) is 8.13. The van der Waals surface area contributed by atoms with Gasteiger partial charge in [0.2, 0.25) is 5.91 Å². The second kappa shape index (κ2) is 4.67. The molecular formula is C13H21NO3. The van der Waals surface area contributed by atoms with E-state index in [-0.39, 0.29) is 24.2 Å². The van der Waals surface area contributed by atoms with Crippen molar-refractivity contribution < 1.29 is 14.3 Å². The molecule has 0 radical (unpaired) electrons. The van der Waals surface area contributed by atoms with E-state index >= 15 is 0 Å². The van der Waals surface area contributed by atoms with Crippen LogP contribution in [0.4, 0.5) is 0 Å². The lowest BCUT2D eigenvalue weighted by Gasteiger charge is -2.31. The van der Waals surface area contributed by atoms with Crippen LogP contribution in [0.3, 0.4) is 0 Å². The average Bonchev–Trinajstić information content (AvgIpc) is 2.89. The van der Waals surface area contributed by atoms with Crippen molar-refractivity contribution in [1.29, 1.82) is 0 Å². The molecule has 17 heavy (non-hydrogen) atoms. The Kier molecular flexibility index (Phi) is 3.40. The van der Waals surface area contributed by atoms with Crippen molar-refractivity contribution in [1.82, 2.24) is 4.90 Å². The van der Waals surface area contributed by atoms with Gasteiger partial charge in [-0.05, 0) is 39.5 Å². The van der Waals surface area contributed by atoms with Gasteiger partial charge in [0.05, 0.1) is 12.3 Å². The second-order valence-corrected chi connectivity index (χ2v) is 5.01. The zero-order valence-corrected chi connectivity index (χ0v) is 10.7. The summed E-state index contributed by atoms with van der Waals surface area (Å²) < 4.78 is 5.50. The predicted octanol–water partition coefficient (Wildman–Crippen LogP) is 1.73. The van der Waals surface area contributed by atoms with Gasteiger partial charge in [-0.3, -0.25) is 9.59 Å². The van der Waals surface area contributed by atoms with Crippen LogP contribution in [-0.2, 0) is 14.3 Å². The largest absolute Gasteiger partial charge is 0.458 e. The summed E-state index contributed by atoms with van der Waals surface area (Å²) in [5.41, 5.74) is -0.462. The highest BCUT2D eigenvalue weighted by Gasteiger charge is 2.54. The van der Waals surface area contributed by atoms with E-state index < -0.39 is 5.60 Å². The summed E-state index contributed by atoms with van der Waals surface area (Å²) in [7, 11) is 0. The van der Waals surface area contributed by atoms with Crippen LogP contribution in [-0.4, -0.2) is 35.5 Å². The zero-order chi connectivity index (χ0) is 12.5. The third-order valence-electron chi connectivity index (χ3n) is 4.15. The van der Waals surface area contributed by atoms with E-state index in [1.54, 1.807) is 0 Å². The third kappa shape index (κ3) is 2.05. The molecule has 0 aromatic heterocycles. The van der Waals surface area contributed by atoms with Crippen LogP contribution in [0.2, 0.25) is 0 Å². The lowest BCUT2D eigenvalue weighted by molar-refractivity contribution is -0.151. The molecule has 1 unspecified atom stereocenters. The van der Waals surface area contributed by atoms with E-state index in [9.17, 15) is 9.59 Å². The molecule has 1 spiro atoms. The smallest absolute Gasteiger partial charge is 0.307 e. The molecule has 1 heterocycles. The normalized spacial score (nSPS) is 26.2. The van der Waals surface area contributed by atoms with Crippen LogP contribution in [0.25, 0.3) is 0 Å². The Hall–Kier alpha value is -1.06. The van der Waals surface area contributed by atoms with Crippen LogP contribution >= 0.6 is 0 Å². The van der Waals surface area contributed by atoms with Crippen molar-refractivity contribution in [3.8, 4) is 0 Å². The topological polar surface area (TPSA) is 46.6 Å². The number of rotatable bonds is 3. The van der Waals surface area contributed by atoms with Crippen molar-refractivity contribution in [2.24, 2.45) is 5.92 Å². The summed E-state index contributed by atoms with van der Waals surface area (Å²) in [5.74, 6) is -0.336. The van der Waals surface area contributed by atoms with Crippen LogP contribution in [0.15, 0.2) is 0 Å². The van der Waals surface area contributed by atoms with Crippen LogP contribution < -0.4 is 0 Å². The van der Waals surface area contributed by atoms with Crippen LogP contribution in [0, 0.1) is 5.92 Å². The maximum Gasteiger partial charge on any atom is 0.307 e. The molecule has 4 nitrogen and oxygen atoms in total. The van der Waals surface area contributed by atoms with Gasteiger partial charge in [0.1, 0.15) is 5.60 Å². The number of hydrogen-bond acceptors (Lipinski definition) is 3. The van der Waals surface area contributed by atoms with Gasteiger partial charge in [0, 0.05) is 13.1 Å². The zero-order valence-electron chi connectivity index (χ0n) is 10.7. The molecule has 1 saturated carbocycles. The molecule has 1 saturated heterocycles. The van der Waals surface area contributed by atoms with Gasteiger partial charge in [-0.1, -0.05) is 0 Å². The Morgan fingerprint density at radius 1 is 1.35 bits per heavy atom. The van der Waals surface area contributed by atoms with Crippen LogP contribution in [0.1, 0.15) is 46.0 Å². The molecule has 2 aliphatic rings. The van der Waals surface area contributed by atoms with E-state index in [0.29, 0.717) is 13.1 Å². The number of ether oxygens (including phenoxy) is 1. The molecular weight excluding hydrogens is 218 g/mol. The molecule has 0 bridgehead atoms. The van der Waals surface area contributed by atoms with Crippen molar-refractivity contribution in [3.05, 3.63) is 0 Å². The minimum atomic E-state index is -0.462. The molecule has 1 amide bonds.